The molecule has 1 aliphatic heterocycles. The molecular weight excluding hydrogens is 290 g/mol. The Morgan fingerprint density at radius 2 is 2.13 bits per heavy atom. The average Bonchev–Trinajstić information content (AvgIpc) is 2.97. The number of ether oxygens (including phenoxy) is 1. The van der Waals surface area contributed by atoms with E-state index in [1.165, 1.54) is 5.56 Å². The van der Waals surface area contributed by atoms with Crippen LogP contribution in [0.2, 0.25) is 0 Å². The number of carbonyl (C=O) groups is 1. The maximum absolute atomic E-state index is 12.6. The zero-order valence-corrected chi connectivity index (χ0v) is 13.2. The maximum Gasteiger partial charge on any atom is 0.226 e. The van der Waals surface area contributed by atoms with Crippen molar-refractivity contribution in [2.45, 2.75) is 30.9 Å². The van der Waals surface area contributed by atoms with E-state index in [2.05, 4.69) is 34.7 Å². The van der Waals surface area contributed by atoms with Gasteiger partial charge >= 0.3 is 0 Å². The Balaban J connectivity index is 1.40. The van der Waals surface area contributed by atoms with Gasteiger partial charge < -0.3 is 10.1 Å². The van der Waals surface area contributed by atoms with E-state index in [9.17, 15) is 4.79 Å². The lowest BCUT2D eigenvalue weighted by Crippen LogP contribution is -2.34. The summed E-state index contributed by atoms with van der Waals surface area (Å²) in [5.74, 6) is 0.454. The first kappa shape index (κ1) is 14.5. The van der Waals surface area contributed by atoms with Crippen LogP contribution in [0.5, 0.6) is 0 Å². The third-order valence-electron chi connectivity index (χ3n) is 4.83. The monoisotopic (exact) mass is 311 g/mol. The van der Waals surface area contributed by atoms with E-state index in [0.29, 0.717) is 12.5 Å². The molecule has 1 saturated heterocycles. The van der Waals surface area contributed by atoms with Crippen LogP contribution in [0.1, 0.15) is 36.0 Å². The number of hydrogen-bond acceptors (Lipinski definition) is 3. The van der Waals surface area contributed by atoms with E-state index in [1.54, 1.807) is 10.9 Å². The van der Waals surface area contributed by atoms with E-state index in [4.69, 9.17) is 4.74 Å². The fourth-order valence-electron chi connectivity index (χ4n) is 3.49. The molecule has 5 heteroatoms. The van der Waals surface area contributed by atoms with Gasteiger partial charge in [0.05, 0.1) is 18.2 Å². The largest absolute Gasteiger partial charge is 0.373 e. The van der Waals surface area contributed by atoms with Gasteiger partial charge in [0, 0.05) is 37.4 Å². The van der Waals surface area contributed by atoms with Crippen LogP contribution in [-0.4, -0.2) is 28.3 Å². The van der Waals surface area contributed by atoms with Gasteiger partial charge in [-0.15, -0.1) is 0 Å². The lowest BCUT2D eigenvalue weighted by molar-refractivity contribution is -0.126. The predicted molar refractivity (Wildman–Crippen MR) is 85.7 cm³/mol. The average molecular weight is 311 g/mol. The molecule has 2 aromatic rings. The van der Waals surface area contributed by atoms with Crippen molar-refractivity contribution in [1.29, 1.82) is 0 Å². The molecule has 23 heavy (non-hydrogen) atoms. The molecule has 1 N–H and O–H groups in total. The minimum Gasteiger partial charge on any atom is -0.373 e. The highest BCUT2D eigenvalue weighted by atomic mass is 16.5. The predicted octanol–water partition coefficient (Wildman–Crippen LogP) is 2.17. The Kier molecular flexibility index (Phi) is 3.65. The fraction of sp³-hybridized carbons (Fsp3) is 0.444. The van der Waals surface area contributed by atoms with Gasteiger partial charge in [-0.1, -0.05) is 30.3 Å². The summed E-state index contributed by atoms with van der Waals surface area (Å²) in [7, 11) is 1.88. The molecule has 2 aliphatic rings. The highest BCUT2D eigenvalue weighted by molar-refractivity contribution is 5.80. The van der Waals surface area contributed by atoms with Gasteiger partial charge in [-0.25, -0.2) is 0 Å². The second-order valence-electron chi connectivity index (χ2n) is 6.50. The van der Waals surface area contributed by atoms with Crippen LogP contribution in [0.3, 0.4) is 0 Å². The Bertz CT molecular complexity index is 697. The molecule has 1 amide bonds. The van der Waals surface area contributed by atoms with Gasteiger partial charge in [-0.3, -0.25) is 9.48 Å². The van der Waals surface area contributed by atoms with Crippen molar-refractivity contribution >= 4 is 5.91 Å². The summed E-state index contributed by atoms with van der Waals surface area (Å²) < 4.78 is 7.53. The lowest BCUT2D eigenvalue weighted by Gasteiger charge is -2.17. The molecule has 1 saturated carbocycles. The minimum absolute atomic E-state index is 0.111. The Morgan fingerprint density at radius 3 is 2.87 bits per heavy atom. The van der Waals surface area contributed by atoms with E-state index < -0.39 is 0 Å². The quantitative estimate of drug-likeness (QED) is 0.941. The molecular formula is C18H21N3O2. The summed E-state index contributed by atoms with van der Waals surface area (Å²) in [6, 6.07) is 10.7. The summed E-state index contributed by atoms with van der Waals surface area (Å²) in [5.41, 5.74) is 2.30. The third kappa shape index (κ3) is 2.88. The Labute approximate surface area is 135 Å². The second kappa shape index (κ2) is 5.81. The number of aromatic nitrogens is 2. The molecule has 1 aromatic heterocycles. The molecule has 0 radical (unpaired) electrons. The molecule has 0 bridgehead atoms. The van der Waals surface area contributed by atoms with Crippen molar-refractivity contribution in [3.05, 3.63) is 53.9 Å². The number of rotatable bonds is 4. The van der Waals surface area contributed by atoms with Gasteiger partial charge in [0.25, 0.3) is 0 Å². The van der Waals surface area contributed by atoms with Crippen molar-refractivity contribution in [1.82, 2.24) is 15.1 Å². The molecule has 2 fully saturated rings. The first-order chi connectivity index (χ1) is 11.2. The van der Waals surface area contributed by atoms with Crippen LogP contribution < -0.4 is 5.32 Å². The minimum atomic E-state index is -0.169. The van der Waals surface area contributed by atoms with E-state index >= 15 is 0 Å². The zero-order valence-electron chi connectivity index (χ0n) is 13.2. The van der Waals surface area contributed by atoms with Crippen molar-refractivity contribution in [2.75, 3.05) is 6.61 Å². The van der Waals surface area contributed by atoms with Crippen LogP contribution >= 0.6 is 0 Å². The molecule has 0 unspecified atom stereocenters. The molecule has 4 rings (SSSR count). The number of hydrogen-bond donors (Lipinski definition) is 1. The van der Waals surface area contributed by atoms with Crippen molar-refractivity contribution in [2.24, 2.45) is 13.0 Å². The third-order valence-corrected chi connectivity index (χ3v) is 4.83. The topological polar surface area (TPSA) is 56.1 Å². The molecule has 2 heterocycles. The summed E-state index contributed by atoms with van der Waals surface area (Å²) in [5, 5.41) is 7.39. The molecule has 5 nitrogen and oxygen atoms in total. The van der Waals surface area contributed by atoms with Gasteiger partial charge in [-0.05, 0) is 18.4 Å². The number of nitrogens with zero attached hydrogens (tertiary/aromatic N) is 2. The maximum atomic E-state index is 12.6. The van der Waals surface area contributed by atoms with Crippen LogP contribution in [0.15, 0.2) is 42.7 Å². The second-order valence-corrected chi connectivity index (χ2v) is 6.50. The van der Waals surface area contributed by atoms with E-state index in [0.717, 1.165) is 18.4 Å². The number of carbonyl (C=O) groups excluding carboxylic acids is 1. The normalized spacial score (nSPS) is 29.4. The summed E-state index contributed by atoms with van der Waals surface area (Å²) in [6.07, 6.45) is 5.35. The van der Waals surface area contributed by atoms with Crippen molar-refractivity contribution in [3.63, 3.8) is 0 Å². The standard InChI is InChI=1S/C18H21N3O2/c1-21-11-13(10-19-21)17-14(7-8-23-17)18(22)20-16-9-15(16)12-5-3-2-4-6-12/h2-6,10-11,14-17H,7-9H2,1H3,(H,20,22)/t14-,15-,16-,17+/m0/s1. The molecule has 1 aliphatic carbocycles. The van der Waals surface area contributed by atoms with Crippen LogP contribution in [0, 0.1) is 5.92 Å². The van der Waals surface area contributed by atoms with Gasteiger partial charge in [-0.2, -0.15) is 5.10 Å². The first-order valence-corrected chi connectivity index (χ1v) is 8.18. The number of benzene rings is 1. The lowest BCUT2D eigenvalue weighted by atomic mass is 9.96. The molecule has 0 spiro atoms. The Morgan fingerprint density at radius 1 is 1.30 bits per heavy atom. The number of nitrogens with one attached hydrogen (secondary N) is 1. The highest BCUT2D eigenvalue weighted by Gasteiger charge is 2.43. The van der Waals surface area contributed by atoms with Crippen LogP contribution in [-0.2, 0) is 16.6 Å². The van der Waals surface area contributed by atoms with Crippen LogP contribution in [0.4, 0.5) is 0 Å². The van der Waals surface area contributed by atoms with Gasteiger partial charge in [0.2, 0.25) is 5.91 Å². The van der Waals surface area contributed by atoms with Crippen molar-refractivity contribution in [3.8, 4) is 0 Å². The van der Waals surface area contributed by atoms with E-state index in [-0.39, 0.29) is 24.0 Å². The van der Waals surface area contributed by atoms with Gasteiger partial charge in [0.1, 0.15) is 0 Å². The van der Waals surface area contributed by atoms with Crippen molar-refractivity contribution < 1.29 is 9.53 Å². The number of aryl methyl sites for hydroxylation is 1. The molecule has 4 atom stereocenters. The van der Waals surface area contributed by atoms with Gasteiger partial charge in [0.15, 0.2) is 0 Å². The first-order valence-electron chi connectivity index (χ1n) is 8.18. The summed E-state index contributed by atoms with van der Waals surface area (Å²) in [6.45, 7) is 0.629. The molecule has 120 valence electrons. The number of amides is 1. The summed E-state index contributed by atoms with van der Waals surface area (Å²) in [4.78, 5) is 12.6. The smallest absolute Gasteiger partial charge is 0.226 e. The highest BCUT2D eigenvalue weighted by Crippen LogP contribution is 2.42. The zero-order chi connectivity index (χ0) is 15.8. The SMILES string of the molecule is Cn1cc([C@H]2OCC[C@@H]2C(=O)N[C@H]2C[C@H]2c2ccccc2)cn1. The van der Waals surface area contributed by atoms with E-state index in [1.807, 2.05) is 19.3 Å². The van der Waals surface area contributed by atoms with Crippen LogP contribution in [0.25, 0.3) is 0 Å². The fourth-order valence-corrected chi connectivity index (χ4v) is 3.49. The Hall–Kier alpha value is -2.14. The summed E-state index contributed by atoms with van der Waals surface area (Å²) >= 11 is 0. The molecule has 1 aromatic carbocycles.